The van der Waals surface area contributed by atoms with E-state index in [0.29, 0.717) is 16.3 Å². The van der Waals surface area contributed by atoms with Crippen molar-refractivity contribution < 1.29 is 9.59 Å². The van der Waals surface area contributed by atoms with Crippen molar-refractivity contribution in [3.05, 3.63) is 106 Å². The van der Waals surface area contributed by atoms with Crippen LogP contribution in [-0.2, 0) is 4.79 Å². The monoisotopic (exact) mass is 468 g/mol. The summed E-state index contributed by atoms with van der Waals surface area (Å²) in [5.41, 5.74) is 4.48. The summed E-state index contributed by atoms with van der Waals surface area (Å²) >= 11 is 0. The number of hydrogen-bond acceptors (Lipinski definition) is 6. The van der Waals surface area contributed by atoms with E-state index in [4.69, 9.17) is 0 Å². The molecule has 9 nitrogen and oxygen atoms in total. The first-order chi connectivity index (χ1) is 16.9. The van der Waals surface area contributed by atoms with Crippen LogP contribution in [0.2, 0.25) is 0 Å². The molecule has 0 spiro atoms. The third kappa shape index (κ3) is 5.41. The summed E-state index contributed by atoms with van der Waals surface area (Å²) in [4.78, 5) is 40.3. The number of rotatable bonds is 7. The molecule has 0 radical (unpaired) electrons. The fourth-order valence-electron chi connectivity index (χ4n) is 3.51. The van der Waals surface area contributed by atoms with Crippen molar-refractivity contribution in [2.45, 2.75) is 6.04 Å². The van der Waals surface area contributed by atoms with Gasteiger partial charge in [-0.05, 0) is 35.9 Å². The number of nitrogens with zero attached hydrogens (tertiary/aromatic N) is 3. The molecule has 0 aliphatic heterocycles. The minimum Gasteiger partial charge on any atom is -0.378 e. The molecule has 4 aromatic rings. The van der Waals surface area contributed by atoms with Gasteiger partial charge in [-0.15, -0.1) is 0 Å². The zero-order valence-corrected chi connectivity index (χ0v) is 19.2. The Bertz CT molecular complexity index is 1430. The number of hydrogen-bond donors (Lipinski definition) is 3. The third-order valence-corrected chi connectivity index (χ3v) is 5.37. The maximum absolute atomic E-state index is 13.2. The number of aromatic amines is 1. The number of aromatic nitrogens is 2. The number of fused-ring (bicyclic) bond motifs is 1. The van der Waals surface area contributed by atoms with E-state index in [1.807, 2.05) is 43.3 Å². The first-order valence-corrected chi connectivity index (χ1v) is 10.9. The van der Waals surface area contributed by atoms with Crippen LogP contribution in [0.3, 0.4) is 0 Å². The fourth-order valence-corrected chi connectivity index (χ4v) is 3.51. The van der Waals surface area contributed by atoms with E-state index < -0.39 is 23.4 Å². The Labute approximate surface area is 201 Å². The average Bonchev–Trinajstić information content (AvgIpc) is 2.88. The van der Waals surface area contributed by atoms with Gasteiger partial charge < -0.3 is 10.2 Å². The van der Waals surface area contributed by atoms with Crippen LogP contribution in [0, 0.1) is 0 Å². The number of H-pyrrole nitrogens is 1. The summed E-state index contributed by atoms with van der Waals surface area (Å²) in [5, 5.41) is 14.1. The van der Waals surface area contributed by atoms with Gasteiger partial charge in [0.1, 0.15) is 5.69 Å². The fraction of sp³-hybridized carbons (Fsp3) is 0.115. The quantitative estimate of drug-likeness (QED) is 0.285. The molecule has 0 saturated heterocycles. The molecule has 0 unspecified atom stereocenters. The van der Waals surface area contributed by atoms with Gasteiger partial charge in [0.05, 0.1) is 11.6 Å². The largest absolute Gasteiger partial charge is 0.378 e. The molecule has 9 heteroatoms. The maximum Gasteiger partial charge on any atom is 0.272 e. The summed E-state index contributed by atoms with van der Waals surface area (Å²) in [7, 11) is 3.89. The van der Waals surface area contributed by atoms with E-state index in [2.05, 4.69) is 26.0 Å². The lowest BCUT2D eigenvalue weighted by molar-refractivity contribution is -0.123. The molecule has 0 saturated carbocycles. The zero-order chi connectivity index (χ0) is 24.8. The summed E-state index contributed by atoms with van der Waals surface area (Å²) in [6, 6.07) is 21.7. The second kappa shape index (κ2) is 10.4. The van der Waals surface area contributed by atoms with Gasteiger partial charge in [-0.2, -0.15) is 10.2 Å². The smallest absolute Gasteiger partial charge is 0.272 e. The predicted octanol–water partition coefficient (Wildman–Crippen LogP) is 2.61. The van der Waals surface area contributed by atoms with Crippen LogP contribution in [0.5, 0.6) is 0 Å². The van der Waals surface area contributed by atoms with Crippen molar-refractivity contribution in [1.82, 2.24) is 20.9 Å². The van der Waals surface area contributed by atoms with Crippen LogP contribution >= 0.6 is 0 Å². The van der Waals surface area contributed by atoms with Crippen molar-refractivity contribution in [2.75, 3.05) is 19.0 Å². The second-order valence-corrected chi connectivity index (χ2v) is 7.98. The van der Waals surface area contributed by atoms with Gasteiger partial charge in [-0.25, -0.2) is 10.5 Å². The molecule has 3 aromatic carbocycles. The Balaban J connectivity index is 1.62. The lowest BCUT2D eigenvalue weighted by Gasteiger charge is -2.18. The number of amides is 2. The van der Waals surface area contributed by atoms with Gasteiger partial charge >= 0.3 is 0 Å². The van der Waals surface area contributed by atoms with Gasteiger partial charge in [0.25, 0.3) is 17.4 Å². The molecule has 35 heavy (non-hydrogen) atoms. The molecule has 0 aliphatic rings. The van der Waals surface area contributed by atoms with Crippen LogP contribution in [0.25, 0.3) is 10.8 Å². The number of anilines is 1. The van der Waals surface area contributed by atoms with E-state index in [9.17, 15) is 14.4 Å². The van der Waals surface area contributed by atoms with Gasteiger partial charge in [0.15, 0.2) is 6.04 Å². The van der Waals surface area contributed by atoms with Crippen molar-refractivity contribution in [2.24, 2.45) is 5.10 Å². The maximum atomic E-state index is 13.2. The first-order valence-electron chi connectivity index (χ1n) is 10.9. The Morgan fingerprint density at radius 1 is 0.943 bits per heavy atom. The molecule has 4 rings (SSSR count). The average molecular weight is 469 g/mol. The Hall–Kier alpha value is -4.79. The molecule has 0 fully saturated rings. The van der Waals surface area contributed by atoms with E-state index in [1.165, 1.54) is 6.21 Å². The molecular weight excluding hydrogens is 444 g/mol. The van der Waals surface area contributed by atoms with Crippen LogP contribution in [0.1, 0.15) is 27.7 Å². The Morgan fingerprint density at radius 3 is 2.29 bits per heavy atom. The molecule has 2 amide bonds. The number of carbonyl (C=O) groups excluding carboxylic acids is 2. The van der Waals surface area contributed by atoms with Crippen LogP contribution in [-0.4, -0.2) is 42.3 Å². The molecule has 3 N–H and O–H groups in total. The lowest BCUT2D eigenvalue weighted by Crippen LogP contribution is -2.40. The van der Waals surface area contributed by atoms with Gasteiger partial charge in [0, 0.05) is 30.7 Å². The van der Waals surface area contributed by atoms with E-state index in [0.717, 1.165) is 11.3 Å². The van der Waals surface area contributed by atoms with Crippen LogP contribution < -0.4 is 21.2 Å². The van der Waals surface area contributed by atoms with Gasteiger partial charge in [-0.1, -0.05) is 48.5 Å². The standard InChI is InChI=1S/C26H24N6O3/c1-32(2)19-14-12-17(13-15-19)16-27-30-26(35)23(28-24(33)18-8-4-3-5-9-18)22-20-10-6-7-11-21(20)25(34)31-29-22/h3-16,23H,1-2H3,(H,28,33)(H,30,35)(H,31,34)/t23-/m0/s1. The topological polar surface area (TPSA) is 120 Å². The highest BCUT2D eigenvalue weighted by Gasteiger charge is 2.27. The summed E-state index contributed by atoms with van der Waals surface area (Å²) in [6.07, 6.45) is 1.51. The highest BCUT2D eigenvalue weighted by Crippen LogP contribution is 2.20. The highest BCUT2D eigenvalue weighted by molar-refractivity contribution is 5.99. The van der Waals surface area contributed by atoms with Crippen LogP contribution in [0.4, 0.5) is 5.69 Å². The number of benzene rings is 3. The molecule has 0 aliphatic carbocycles. The van der Waals surface area contributed by atoms with Crippen molar-refractivity contribution >= 4 is 34.5 Å². The van der Waals surface area contributed by atoms with Crippen molar-refractivity contribution in [3.63, 3.8) is 0 Å². The Kier molecular flexibility index (Phi) is 6.96. The van der Waals surface area contributed by atoms with E-state index >= 15 is 0 Å². The van der Waals surface area contributed by atoms with E-state index in [1.54, 1.807) is 54.6 Å². The number of carbonyl (C=O) groups is 2. The zero-order valence-electron chi connectivity index (χ0n) is 19.2. The third-order valence-electron chi connectivity index (χ3n) is 5.37. The number of hydrazone groups is 1. The minimum absolute atomic E-state index is 0.201. The molecule has 176 valence electrons. The summed E-state index contributed by atoms with van der Waals surface area (Å²) in [5.74, 6) is -1.08. The van der Waals surface area contributed by atoms with Crippen molar-refractivity contribution in [1.29, 1.82) is 0 Å². The molecule has 0 bridgehead atoms. The normalized spacial score (nSPS) is 11.8. The van der Waals surface area contributed by atoms with Crippen LogP contribution in [0.15, 0.2) is 88.8 Å². The molecular formula is C26H24N6O3. The first kappa shape index (κ1) is 23.4. The summed E-state index contributed by atoms with van der Waals surface area (Å²) in [6.45, 7) is 0. The van der Waals surface area contributed by atoms with Gasteiger partial charge in [-0.3, -0.25) is 14.4 Å². The molecule has 1 atom stereocenters. The SMILES string of the molecule is CN(C)c1ccc(C=NNC(=O)[C@@H](NC(=O)c2ccccc2)c2n[nH]c(=O)c3ccccc23)cc1. The lowest BCUT2D eigenvalue weighted by atomic mass is 10.0. The minimum atomic E-state index is -1.21. The highest BCUT2D eigenvalue weighted by atomic mass is 16.2. The second-order valence-electron chi connectivity index (χ2n) is 7.98. The van der Waals surface area contributed by atoms with Crippen molar-refractivity contribution in [3.8, 4) is 0 Å². The predicted molar refractivity (Wildman–Crippen MR) is 136 cm³/mol. The summed E-state index contributed by atoms with van der Waals surface area (Å²) < 4.78 is 0. The Morgan fingerprint density at radius 2 is 1.60 bits per heavy atom. The van der Waals surface area contributed by atoms with E-state index in [-0.39, 0.29) is 5.69 Å². The molecule has 1 heterocycles. The number of nitrogens with one attached hydrogen (secondary N) is 3. The van der Waals surface area contributed by atoms with Gasteiger partial charge in [0.2, 0.25) is 0 Å². The molecule has 1 aromatic heterocycles.